The quantitative estimate of drug-likeness (QED) is 0.572. The van der Waals surface area contributed by atoms with Crippen LogP contribution in [0.1, 0.15) is 22.6 Å². The van der Waals surface area contributed by atoms with E-state index in [1.165, 1.54) is 14.2 Å². The average Bonchev–Trinajstić information content (AvgIpc) is 3.15. The Morgan fingerprint density at radius 3 is 2.06 bits per heavy atom. The number of alkyl carbamates (subject to hydrolysis) is 1. The lowest BCUT2D eigenvalue weighted by molar-refractivity contribution is -0.170. The van der Waals surface area contributed by atoms with E-state index in [0.29, 0.717) is 6.42 Å². The van der Waals surface area contributed by atoms with Gasteiger partial charge in [-0.2, -0.15) is 0 Å². The number of nitrogens with zero attached hydrogens (tertiary/aromatic N) is 1. The highest BCUT2D eigenvalue weighted by molar-refractivity contribution is 5.85. The van der Waals surface area contributed by atoms with Gasteiger partial charge in [-0.05, 0) is 27.8 Å². The van der Waals surface area contributed by atoms with Crippen LogP contribution in [0.25, 0.3) is 11.1 Å². The van der Waals surface area contributed by atoms with Gasteiger partial charge in [0.25, 0.3) is 5.91 Å². The van der Waals surface area contributed by atoms with E-state index < -0.39 is 12.1 Å². The van der Waals surface area contributed by atoms with Crippen LogP contribution in [0, 0.1) is 0 Å². The number of likely N-dealkylation sites (N-methyl/N-ethyl adjacent to an activating group) is 1. The Kier molecular flexibility index (Phi) is 6.52. The molecule has 0 spiro atoms. The Hall–Kier alpha value is -3.64. The summed E-state index contributed by atoms with van der Waals surface area (Å²) in [6.45, 7) is 0.187. The molecule has 32 heavy (non-hydrogen) atoms. The Morgan fingerprint density at radius 1 is 0.906 bits per heavy atom. The first-order valence-electron chi connectivity index (χ1n) is 10.6. The van der Waals surface area contributed by atoms with E-state index >= 15 is 0 Å². The predicted octanol–water partition coefficient (Wildman–Crippen LogP) is 4.16. The third-order valence-corrected chi connectivity index (χ3v) is 5.80. The highest BCUT2D eigenvalue weighted by Gasteiger charge is 2.30. The highest BCUT2D eigenvalue weighted by Crippen LogP contribution is 2.44. The number of nitrogens with one attached hydrogen (secondary N) is 1. The van der Waals surface area contributed by atoms with Gasteiger partial charge in [0.15, 0.2) is 0 Å². The predicted molar refractivity (Wildman–Crippen MR) is 122 cm³/mol. The van der Waals surface area contributed by atoms with Gasteiger partial charge in [0.1, 0.15) is 12.6 Å². The fourth-order valence-electron chi connectivity index (χ4n) is 4.14. The molecule has 0 saturated carbocycles. The maximum atomic E-state index is 12.7. The topological polar surface area (TPSA) is 67.9 Å². The number of rotatable bonds is 7. The van der Waals surface area contributed by atoms with Crippen LogP contribution in [0.15, 0.2) is 78.9 Å². The third-order valence-electron chi connectivity index (χ3n) is 5.80. The maximum absolute atomic E-state index is 12.7. The summed E-state index contributed by atoms with van der Waals surface area (Å²) in [5.74, 6) is -0.400. The van der Waals surface area contributed by atoms with Crippen molar-refractivity contribution in [3.63, 3.8) is 0 Å². The molecule has 1 aliphatic carbocycles. The molecule has 164 valence electrons. The van der Waals surface area contributed by atoms with Gasteiger partial charge in [-0.1, -0.05) is 78.9 Å². The van der Waals surface area contributed by atoms with Crippen molar-refractivity contribution in [3.8, 4) is 11.1 Å². The molecule has 3 aromatic carbocycles. The fourth-order valence-corrected chi connectivity index (χ4v) is 4.14. The molecule has 1 aliphatic rings. The first-order valence-corrected chi connectivity index (χ1v) is 10.6. The Bertz CT molecular complexity index is 1050. The SMILES string of the molecule is CON(C)C(=O)[C@H](Cc1ccccc1)NC(=O)OCC1c2ccccc2-c2ccccc21. The van der Waals surface area contributed by atoms with Crippen LogP contribution in [0.2, 0.25) is 0 Å². The molecule has 0 heterocycles. The zero-order chi connectivity index (χ0) is 22.5. The summed E-state index contributed by atoms with van der Waals surface area (Å²) < 4.78 is 5.61. The molecule has 0 fully saturated rings. The van der Waals surface area contributed by atoms with Crippen molar-refractivity contribution in [1.29, 1.82) is 0 Å². The minimum absolute atomic E-state index is 0.0435. The van der Waals surface area contributed by atoms with Crippen LogP contribution in [0.3, 0.4) is 0 Å². The first-order chi connectivity index (χ1) is 15.6. The summed E-state index contributed by atoms with van der Waals surface area (Å²) >= 11 is 0. The van der Waals surface area contributed by atoms with Gasteiger partial charge in [-0.15, -0.1) is 0 Å². The van der Waals surface area contributed by atoms with E-state index in [1.54, 1.807) is 0 Å². The smallest absolute Gasteiger partial charge is 0.407 e. The molecule has 0 aliphatic heterocycles. The Balaban J connectivity index is 1.46. The van der Waals surface area contributed by atoms with Crippen molar-refractivity contribution in [2.24, 2.45) is 0 Å². The molecule has 4 rings (SSSR count). The molecular weight excluding hydrogens is 404 g/mol. The molecule has 3 aromatic rings. The molecule has 6 heteroatoms. The standard InChI is InChI=1S/C26H26N2O4/c1-28(31-2)25(29)24(16-18-10-4-3-5-11-18)27-26(30)32-17-23-21-14-8-6-12-19(21)20-13-7-9-15-22(20)23/h3-15,23-24H,16-17H2,1-2H3,(H,27,30)/t24-/m0/s1. The summed E-state index contributed by atoms with van der Waals surface area (Å²) in [4.78, 5) is 30.5. The minimum atomic E-state index is -0.807. The summed E-state index contributed by atoms with van der Waals surface area (Å²) in [6, 6.07) is 25.0. The molecule has 0 bridgehead atoms. The zero-order valence-electron chi connectivity index (χ0n) is 18.2. The number of hydrogen-bond donors (Lipinski definition) is 1. The first kappa shape index (κ1) is 21.6. The number of carbonyl (C=O) groups is 2. The summed E-state index contributed by atoms with van der Waals surface area (Å²) in [5, 5.41) is 3.83. The molecule has 6 nitrogen and oxygen atoms in total. The number of fused-ring (bicyclic) bond motifs is 3. The molecule has 0 saturated heterocycles. The van der Waals surface area contributed by atoms with Gasteiger partial charge >= 0.3 is 6.09 Å². The van der Waals surface area contributed by atoms with E-state index in [0.717, 1.165) is 32.9 Å². The summed E-state index contributed by atoms with van der Waals surface area (Å²) in [5.41, 5.74) is 5.52. The lowest BCUT2D eigenvalue weighted by Crippen LogP contribution is -2.48. The number of ether oxygens (including phenoxy) is 1. The minimum Gasteiger partial charge on any atom is -0.449 e. The van der Waals surface area contributed by atoms with Crippen molar-refractivity contribution in [2.75, 3.05) is 20.8 Å². The molecule has 2 amide bonds. The lowest BCUT2D eigenvalue weighted by Gasteiger charge is -2.23. The van der Waals surface area contributed by atoms with Gasteiger partial charge in [0.2, 0.25) is 0 Å². The van der Waals surface area contributed by atoms with Gasteiger partial charge in [-0.25, -0.2) is 9.86 Å². The van der Waals surface area contributed by atoms with Crippen molar-refractivity contribution in [1.82, 2.24) is 10.4 Å². The van der Waals surface area contributed by atoms with Gasteiger partial charge in [-0.3, -0.25) is 9.63 Å². The van der Waals surface area contributed by atoms with Gasteiger partial charge in [0.05, 0.1) is 7.11 Å². The van der Waals surface area contributed by atoms with E-state index in [2.05, 4.69) is 29.6 Å². The third kappa shape index (κ3) is 4.50. The monoisotopic (exact) mass is 430 g/mol. The van der Waals surface area contributed by atoms with Crippen molar-refractivity contribution in [3.05, 3.63) is 95.6 Å². The van der Waals surface area contributed by atoms with E-state index in [1.807, 2.05) is 54.6 Å². The van der Waals surface area contributed by atoms with Crippen LogP contribution < -0.4 is 5.32 Å². The van der Waals surface area contributed by atoms with Crippen molar-refractivity contribution >= 4 is 12.0 Å². The second-order valence-corrected chi connectivity index (χ2v) is 7.73. The Labute approximate surface area is 187 Å². The van der Waals surface area contributed by atoms with E-state index in [-0.39, 0.29) is 18.4 Å². The maximum Gasteiger partial charge on any atom is 0.407 e. The summed E-state index contributed by atoms with van der Waals surface area (Å²) in [7, 11) is 2.92. The number of carbonyl (C=O) groups excluding carboxylic acids is 2. The number of amides is 2. The number of benzene rings is 3. The average molecular weight is 431 g/mol. The highest BCUT2D eigenvalue weighted by atomic mass is 16.7. The van der Waals surface area contributed by atoms with Crippen LogP contribution in [-0.4, -0.2) is 43.9 Å². The number of hydroxylamine groups is 2. The van der Waals surface area contributed by atoms with Crippen molar-refractivity contribution in [2.45, 2.75) is 18.4 Å². The van der Waals surface area contributed by atoms with E-state index in [9.17, 15) is 9.59 Å². The van der Waals surface area contributed by atoms with Gasteiger partial charge < -0.3 is 10.1 Å². The van der Waals surface area contributed by atoms with Crippen LogP contribution in [0.5, 0.6) is 0 Å². The largest absolute Gasteiger partial charge is 0.449 e. The second-order valence-electron chi connectivity index (χ2n) is 7.73. The molecule has 0 unspecified atom stereocenters. The van der Waals surface area contributed by atoms with E-state index in [4.69, 9.17) is 9.57 Å². The van der Waals surface area contributed by atoms with Crippen LogP contribution >= 0.6 is 0 Å². The fraction of sp³-hybridized carbons (Fsp3) is 0.231. The molecule has 1 atom stereocenters. The molecule has 1 N–H and O–H groups in total. The molecular formula is C26H26N2O4. The second kappa shape index (κ2) is 9.66. The Morgan fingerprint density at radius 2 is 1.47 bits per heavy atom. The lowest BCUT2D eigenvalue weighted by atomic mass is 9.98. The van der Waals surface area contributed by atoms with Crippen molar-refractivity contribution < 1.29 is 19.2 Å². The molecule has 0 aromatic heterocycles. The van der Waals surface area contributed by atoms with Crippen LogP contribution in [0.4, 0.5) is 4.79 Å². The number of hydrogen-bond acceptors (Lipinski definition) is 4. The zero-order valence-corrected chi connectivity index (χ0v) is 18.2. The van der Waals surface area contributed by atoms with Crippen LogP contribution in [-0.2, 0) is 20.8 Å². The molecule has 0 radical (unpaired) electrons. The van der Waals surface area contributed by atoms with Gasteiger partial charge in [0, 0.05) is 19.4 Å². The normalized spacial score (nSPS) is 13.1. The summed E-state index contributed by atoms with van der Waals surface area (Å²) in [6.07, 6.45) is -0.303.